The highest BCUT2D eigenvalue weighted by atomic mass is 16.3. The molecule has 4 rings (SSSR count). The van der Waals surface area contributed by atoms with E-state index < -0.39 is 0 Å². The second kappa shape index (κ2) is 6.64. The summed E-state index contributed by atoms with van der Waals surface area (Å²) in [5.74, 6) is 1.21. The molecule has 25 heavy (non-hydrogen) atoms. The Kier molecular flexibility index (Phi) is 4.34. The van der Waals surface area contributed by atoms with E-state index in [0.717, 1.165) is 54.0 Å². The lowest BCUT2D eigenvalue weighted by molar-refractivity contribution is 0.260. The highest BCUT2D eigenvalue weighted by Crippen LogP contribution is 2.38. The van der Waals surface area contributed by atoms with Gasteiger partial charge in [0.15, 0.2) is 0 Å². The number of phenolic OH excluding ortho intramolecular Hbond substituents is 1. The first-order valence-corrected chi connectivity index (χ1v) is 9.25. The molecule has 1 fully saturated rings. The molecule has 0 bridgehead atoms. The Morgan fingerprint density at radius 2 is 2.08 bits per heavy atom. The number of hydrogen-bond donors (Lipinski definition) is 2. The molecule has 5 nitrogen and oxygen atoms in total. The van der Waals surface area contributed by atoms with E-state index in [1.807, 2.05) is 19.1 Å². The Morgan fingerprint density at radius 1 is 1.20 bits per heavy atom. The smallest absolute Gasteiger partial charge is 0.149 e. The number of aromatic hydroxyl groups is 1. The molecule has 2 heterocycles. The van der Waals surface area contributed by atoms with E-state index in [9.17, 15) is 5.11 Å². The van der Waals surface area contributed by atoms with Crippen LogP contribution >= 0.6 is 0 Å². The van der Waals surface area contributed by atoms with Crippen molar-refractivity contribution in [3.05, 3.63) is 34.9 Å². The van der Waals surface area contributed by atoms with Crippen molar-refractivity contribution in [2.24, 2.45) is 0 Å². The van der Waals surface area contributed by atoms with E-state index in [1.54, 1.807) is 0 Å². The summed E-state index contributed by atoms with van der Waals surface area (Å²) >= 11 is 0. The third-order valence-corrected chi connectivity index (χ3v) is 5.47. The van der Waals surface area contributed by atoms with Gasteiger partial charge in [0.25, 0.3) is 0 Å². The molecule has 2 N–H and O–H groups in total. The number of nitrogens with zero attached hydrogens (tertiary/aromatic N) is 3. The van der Waals surface area contributed by atoms with Crippen LogP contribution < -0.4 is 5.32 Å². The molecule has 0 radical (unpaired) electrons. The lowest BCUT2D eigenvalue weighted by Crippen LogP contribution is -2.39. The molecular formula is C20H26N4O. The molecule has 0 saturated carbocycles. The number of hydrogen-bond acceptors (Lipinski definition) is 5. The summed E-state index contributed by atoms with van der Waals surface area (Å²) in [6.07, 6.45) is 5.51. The first-order valence-electron chi connectivity index (χ1n) is 9.25. The van der Waals surface area contributed by atoms with Gasteiger partial charge in [-0.2, -0.15) is 0 Å². The average Bonchev–Trinajstić information content (AvgIpc) is 3.06. The SMILES string of the molecule is Cc1cc(N[C@@H]2CCCN(C)C2)nnc1-c1ccc2c(c1O)CCC2. The van der Waals surface area contributed by atoms with Gasteiger partial charge in [-0.05, 0) is 81.4 Å². The fraction of sp³-hybridized carbons (Fsp3) is 0.500. The molecular weight excluding hydrogens is 312 g/mol. The summed E-state index contributed by atoms with van der Waals surface area (Å²) in [4.78, 5) is 2.35. The van der Waals surface area contributed by atoms with E-state index in [1.165, 1.54) is 24.9 Å². The zero-order chi connectivity index (χ0) is 17.4. The molecule has 0 unspecified atom stereocenters. The minimum absolute atomic E-state index is 0.391. The number of nitrogens with one attached hydrogen (secondary N) is 1. The zero-order valence-corrected chi connectivity index (χ0v) is 15.0. The number of benzene rings is 1. The topological polar surface area (TPSA) is 61.3 Å². The van der Waals surface area contributed by atoms with Crippen molar-refractivity contribution >= 4 is 5.82 Å². The van der Waals surface area contributed by atoms with Gasteiger partial charge in [0.1, 0.15) is 11.6 Å². The van der Waals surface area contributed by atoms with Gasteiger partial charge in [-0.25, -0.2) is 0 Å². The minimum Gasteiger partial charge on any atom is -0.507 e. The standard InChI is InChI=1S/C20H26N4O/c1-13-11-18(21-15-6-4-10-24(2)12-15)22-23-19(13)17-9-8-14-5-3-7-16(14)20(17)25/h8-9,11,15,25H,3-7,10,12H2,1-2H3,(H,21,22)/t15-/m1/s1. The number of aryl methyl sites for hydroxylation is 2. The Morgan fingerprint density at radius 3 is 2.88 bits per heavy atom. The van der Waals surface area contributed by atoms with E-state index in [4.69, 9.17) is 0 Å². The van der Waals surface area contributed by atoms with Crippen LogP contribution in [0.5, 0.6) is 5.75 Å². The molecule has 1 atom stereocenters. The summed E-state index contributed by atoms with van der Waals surface area (Å²) in [6, 6.07) is 6.58. The summed E-state index contributed by atoms with van der Waals surface area (Å²) in [6.45, 7) is 4.24. The first kappa shape index (κ1) is 16.3. The number of rotatable bonds is 3. The lowest BCUT2D eigenvalue weighted by atomic mass is 10.00. The number of likely N-dealkylation sites (tertiary alicyclic amines) is 1. The van der Waals surface area contributed by atoms with Gasteiger partial charge in [-0.3, -0.25) is 0 Å². The van der Waals surface area contributed by atoms with Crippen LogP contribution in [0.3, 0.4) is 0 Å². The maximum Gasteiger partial charge on any atom is 0.149 e. The molecule has 2 aliphatic rings. The van der Waals surface area contributed by atoms with Crippen LogP contribution in [0.2, 0.25) is 0 Å². The Labute approximate surface area is 149 Å². The quantitative estimate of drug-likeness (QED) is 0.900. The normalized spacial score (nSPS) is 20.5. The van der Waals surface area contributed by atoms with Gasteiger partial charge in [0.05, 0.1) is 5.69 Å². The monoisotopic (exact) mass is 338 g/mol. The molecule has 5 heteroatoms. The van der Waals surface area contributed by atoms with Crippen molar-refractivity contribution in [1.82, 2.24) is 15.1 Å². The molecule has 1 aliphatic carbocycles. The van der Waals surface area contributed by atoms with Crippen LogP contribution in [0, 0.1) is 6.92 Å². The van der Waals surface area contributed by atoms with E-state index in [-0.39, 0.29) is 0 Å². The molecule has 1 aromatic carbocycles. The van der Waals surface area contributed by atoms with E-state index in [0.29, 0.717) is 11.8 Å². The number of likely N-dealkylation sites (N-methyl/N-ethyl adjacent to an activating group) is 1. The third-order valence-electron chi connectivity index (χ3n) is 5.47. The van der Waals surface area contributed by atoms with Gasteiger partial charge in [-0.15, -0.1) is 10.2 Å². The summed E-state index contributed by atoms with van der Waals surface area (Å²) in [7, 11) is 2.16. The van der Waals surface area contributed by atoms with Crippen LogP contribution in [0.4, 0.5) is 5.82 Å². The molecule has 2 aromatic rings. The second-order valence-corrected chi connectivity index (χ2v) is 7.46. The Hall–Kier alpha value is -2.14. The van der Waals surface area contributed by atoms with Crippen LogP contribution in [0.25, 0.3) is 11.3 Å². The van der Waals surface area contributed by atoms with E-state index in [2.05, 4.69) is 33.5 Å². The van der Waals surface area contributed by atoms with Crippen molar-refractivity contribution < 1.29 is 5.11 Å². The number of piperidine rings is 1. The largest absolute Gasteiger partial charge is 0.507 e. The third kappa shape index (κ3) is 3.21. The highest BCUT2D eigenvalue weighted by Gasteiger charge is 2.21. The Bertz CT molecular complexity index is 790. The van der Waals surface area contributed by atoms with Gasteiger partial charge in [-0.1, -0.05) is 6.07 Å². The average molecular weight is 338 g/mol. The number of fused-ring (bicyclic) bond motifs is 1. The van der Waals surface area contributed by atoms with Crippen molar-refractivity contribution in [1.29, 1.82) is 0 Å². The molecule has 1 saturated heterocycles. The molecule has 1 aliphatic heterocycles. The fourth-order valence-corrected chi connectivity index (χ4v) is 4.15. The van der Waals surface area contributed by atoms with Gasteiger partial charge in [0, 0.05) is 18.2 Å². The summed E-state index contributed by atoms with van der Waals surface area (Å²) in [5.41, 5.74) is 4.97. The predicted molar refractivity (Wildman–Crippen MR) is 100 cm³/mol. The van der Waals surface area contributed by atoms with Gasteiger partial charge in [0.2, 0.25) is 0 Å². The molecule has 0 spiro atoms. The van der Waals surface area contributed by atoms with Gasteiger partial charge >= 0.3 is 0 Å². The minimum atomic E-state index is 0.391. The molecule has 0 amide bonds. The van der Waals surface area contributed by atoms with Crippen molar-refractivity contribution in [2.75, 3.05) is 25.5 Å². The number of anilines is 1. The summed E-state index contributed by atoms with van der Waals surface area (Å²) in [5, 5.41) is 23.0. The first-order chi connectivity index (χ1) is 12.1. The van der Waals surface area contributed by atoms with Crippen LogP contribution in [0.15, 0.2) is 18.2 Å². The van der Waals surface area contributed by atoms with Crippen LogP contribution in [-0.2, 0) is 12.8 Å². The maximum atomic E-state index is 10.7. The molecule has 1 aromatic heterocycles. The van der Waals surface area contributed by atoms with Gasteiger partial charge < -0.3 is 15.3 Å². The second-order valence-electron chi connectivity index (χ2n) is 7.46. The maximum absolute atomic E-state index is 10.7. The van der Waals surface area contributed by atoms with Crippen molar-refractivity contribution in [2.45, 2.75) is 45.1 Å². The van der Waals surface area contributed by atoms with E-state index >= 15 is 0 Å². The summed E-state index contributed by atoms with van der Waals surface area (Å²) < 4.78 is 0. The highest BCUT2D eigenvalue weighted by molar-refractivity contribution is 5.73. The predicted octanol–water partition coefficient (Wildman–Crippen LogP) is 3.15. The molecule has 132 valence electrons. The number of aromatic nitrogens is 2. The number of phenols is 1. The Balaban J connectivity index is 1.58. The lowest BCUT2D eigenvalue weighted by Gasteiger charge is -2.30. The fourth-order valence-electron chi connectivity index (χ4n) is 4.15. The van der Waals surface area contributed by atoms with Crippen molar-refractivity contribution in [3.63, 3.8) is 0 Å². The zero-order valence-electron chi connectivity index (χ0n) is 15.0. The van der Waals surface area contributed by atoms with Crippen LogP contribution in [0.1, 0.15) is 36.0 Å². The van der Waals surface area contributed by atoms with Crippen molar-refractivity contribution in [3.8, 4) is 17.0 Å². The van der Waals surface area contributed by atoms with Crippen LogP contribution in [-0.4, -0.2) is 46.4 Å².